The normalized spacial score (nSPS) is 19.1. The molecule has 0 unspecified atom stereocenters. The van der Waals surface area contributed by atoms with Crippen LogP contribution in [0.2, 0.25) is 0 Å². The predicted octanol–water partition coefficient (Wildman–Crippen LogP) is 6.11. The van der Waals surface area contributed by atoms with Crippen molar-refractivity contribution in [3.8, 4) is 0 Å². The largest absolute Gasteiger partial charge is 0.375 e. The molecule has 3 rings (SSSR count). The van der Waals surface area contributed by atoms with Gasteiger partial charge in [-0.15, -0.1) is 0 Å². The van der Waals surface area contributed by atoms with Gasteiger partial charge in [0.05, 0.1) is 4.99 Å². The molecule has 0 aliphatic heterocycles. The standard InChI is InChI=1S/C30H43N3OS/c1-5-33(22-24-16-10-7-11-17-24)29(34)25(30(2,3)4)20-28(35)32-27-19-13-12-18-26(27)31-21-23-14-8-6-9-15-23/h6-11,14-17,25-27,31H,5,12-13,18-22H2,1-4H3,(H,32,35)/t25-,26+,27+/m1/s1. The van der Waals surface area contributed by atoms with E-state index in [2.05, 4.69) is 80.8 Å². The number of rotatable bonds is 10. The van der Waals surface area contributed by atoms with E-state index in [9.17, 15) is 4.79 Å². The van der Waals surface area contributed by atoms with Gasteiger partial charge >= 0.3 is 0 Å². The summed E-state index contributed by atoms with van der Waals surface area (Å²) in [6.07, 6.45) is 5.30. The minimum atomic E-state index is -0.176. The molecule has 2 N–H and O–H groups in total. The van der Waals surface area contributed by atoms with Crippen LogP contribution in [-0.4, -0.2) is 34.4 Å². The number of nitrogens with zero attached hydrogens (tertiary/aromatic N) is 1. The Hall–Kier alpha value is -2.24. The van der Waals surface area contributed by atoms with Gasteiger partial charge in [0.1, 0.15) is 0 Å². The summed E-state index contributed by atoms with van der Waals surface area (Å²) in [6.45, 7) is 10.7. The van der Waals surface area contributed by atoms with Gasteiger partial charge in [0, 0.05) is 44.1 Å². The fraction of sp³-hybridized carbons (Fsp3) is 0.533. The molecule has 0 radical (unpaired) electrons. The second-order valence-electron chi connectivity index (χ2n) is 10.9. The highest BCUT2D eigenvalue weighted by Crippen LogP contribution is 2.32. The molecule has 0 aromatic heterocycles. The summed E-state index contributed by atoms with van der Waals surface area (Å²) in [5, 5.41) is 7.42. The number of nitrogens with one attached hydrogen (secondary N) is 2. The van der Waals surface area contributed by atoms with E-state index < -0.39 is 0 Å². The Morgan fingerprint density at radius 3 is 2.11 bits per heavy atom. The molecule has 4 nitrogen and oxygen atoms in total. The molecule has 1 fully saturated rings. The van der Waals surface area contributed by atoms with Crippen LogP contribution in [0.5, 0.6) is 0 Å². The SMILES string of the molecule is CCN(Cc1ccccc1)C(=O)[C@@H](CC(=S)N[C@H]1CCCC[C@@H]1NCc1ccccc1)C(C)(C)C. The number of benzene rings is 2. The van der Waals surface area contributed by atoms with Gasteiger partial charge in [0.15, 0.2) is 0 Å². The van der Waals surface area contributed by atoms with Crippen LogP contribution in [0.4, 0.5) is 0 Å². The van der Waals surface area contributed by atoms with Crippen molar-refractivity contribution in [3.05, 3.63) is 71.8 Å². The van der Waals surface area contributed by atoms with E-state index in [1.54, 1.807) is 0 Å². The number of carbonyl (C=O) groups excluding carboxylic acids is 1. The Balaban J connectivity index is 1.63. The summed E-state index contributed by atoms with van der Waals surface area (Å²) in [7, 11) is 0. The summed E-state index contributed by atoms with van der Waals surface area (Å²) < 4.78 is 0. The van der Waals surface area contributed by atoms with Crippen molar-refractivity contribution in [2.45, 2.75) is 85.0 Å². The van der Waals surface area contributed by atoms with Crippen LogP contribution in [0.3, 0.4) is 0 Å². The summed E-state index contributed by atoms with van der Waals surface area (Å²) in [6, 6.07) is 21.5. The lowest BCUT2D eigenvalue weighted by Crippen LogP contribution is -2.52. The molecule has 2 aromatic rings. The first-order valence-corrected chi connectivity index (χ1v) is 13.6. The molecule has 2 aromatic carbocycles. The minimum Gasteiger partial charge on any atom is -0.375 e. The highest BCUT2D eigenvalue weighted by molar-refractivity contribution is 7.80. The number of hydrogen-bond donors (Lipinski definition) is 2. The lowest BCUT2D eigenvalue weighted by Gasteiger charge is -2.37. The van der Waals surface area contributed by atoms with Gasteiger partial charge < -0.3 is 15.5 Å². The quantitative estimate of drug-likeness (QED) is 0.392. The Morgan fingerprint density at radius 1 is 0.971 bits per heavy atom. The Kier molecular flexibility index (Phi) is 10.3. The summed E-state index contributed by atoms with van der Waals surface area (Å²) in [5.41, 5.74) is 2.28. The van der Waals surface area contributed by atoms with Gasteiger partial charge in [-0.2, -0.15) is 0 Å². The molecular weight excluding hydrogens is 450 g/mol. The van der Waals surface area contributed by atoms with Gasteiger partial charge in [-0.3, -0.25) is 4.79 Å². The topological polar surface area (TPSA) is 44.4 Å². The van der Waals surface area contributed by atoms with Crippen molar-refractivity contribution in [1.29, 1.82) is 0 Å². The van der Waals surface area contributed by atoms with Crippen LogP contribution in [0.1, 0.15) is 70.9 Å². The highest BCUT2D eigenvalue weighted by atomic mass is 32.1. The first kappa shape index (κ1) is 27.3. The average molecular weight is 494 g/mol. The first-order valence-electron chi connectivity index (χ1n) is 13.2. The van der Waals surface area contributed by atoms with E-state index in [0.717, 1.165) is 29.9 Å². The van der Waals surface area contributed by atoms with Crippen LogP contribution in [0.15, 0.2) is 60.7 Å². The molecule has 1 saturated carbocycles. The molecule has 1 aliphatic carbocycles. The fourth-order valence-electron chi connectivity index (χ4n) is 4.98. The number of thiocarbonyl (C=S) groups is 1. The smallest absolute Gasteiger partial charge is 0.226 e. The Morgan fingerprint density at radius 2 is 1.54 bits per heavy atom. The van der Waals surface area contributed by atoms with E-state index in [-0.39, 0.29) is 17.2 Å². The predicted molar refractivity (Wildman–Crippen MR) is 150 cm³/mol. The molecule has 0 heterocycles. The molecule has 3 atom stereocenters. The van der Waals surface area contributed by atoms with E-state index in [0.29, 0.717) is 31.6 Å². The van der Waals surface area contributed by atoms with Crippen molar-refractivity contribution >= 4 is 23.1 Å². The average Bonchev–Trinajstić information content (AvgIpc) is 2.85. The number of amides is 1. The molecule has 0 saturated heterocycles. The lowest BCUT2D eigenvalue weighted by atomic mass is 9.77. The number of hydrogen-bond acceptors (Lipinski definition) is 3. The Labute approximate surface area is 217 Å². The van der Waals surface area contributed by atoms with Crippen molar-refractivity contribution in [2.75, 3.05) is 6.54 Å². The van der Waals surface area contributed by atoms with E-state index >= 15 is 0 Å². The number of carbonyl (C=O) groups is 1. The maximum absolute atomic E-state index is 13.7. The molecule has 35 heavy (non-hydrogen) atoms. The van der Waals surface area contributed by atoms with Crippen LogP contribution < -0.4 is 10.6 Å². The molecule has 0 bridgehead atoms. The van der Waals surface area contributed by atoms with E-state index in [1.807, 2.05) is 23.1 Å². The molecule has 0 spiro atoms. The summed E-state index contributed by atoms with van der Waals surface area (Å²) in [4.78, 5) is 16.5. The van der Waals surface area contributed by atoms with Gasteiger partial charge in [-0.1, -0.05) is 106 Å². The first-order chi connectivity index (χ1) is 16.8. The molecule has 5 heteroatoms. The monoisotopic (exact) mass is 493 g/mol. The van der Waals surface area contributed by atoms with E-state index in [4.69, 9.17) is 12.2 Å². The molecular formula is C30H43N3OS. The van der Waals surface area contributed by atoms with Gasteiger partial charge in [-0.05, 0) is 36.3 Å². The van der Waals surface area contributed by atoms with Crippen molar-refractivity contribution < 1.29 is 4.79 Å². The van der Waals surface area contributed by atoms with Crippen molar-refractivity contribution in [2.24, 2.45) is 11.3 Å². The molecule has 1 aliphatic rings. The molecule has 1 amide bonds. The van der Waals surface area contributed by atoms with Gasteiger partial charge in [0.2, 0.25) is 5.91 Å². The van der Waals surface area contributed by atoms with Crippen LogP contribution in [0.25, 0.3) is 0 Å². The zero-order valence-electron chi connectivity index (χ0n) is 21.9. The lowest BCUT2D eigenvalue weighted by molar-refractivity contribution is -0.139. The van der Waals surface area contributed by atoms with E-state index in [1.165, 1.54) is 18.4 Å². The fourth-order valence-corrected chi connectivity index (χ4v) is 5.30. The zero-order valence-corrected chi connectivity index (χ0v) is 22.7. The Bertz CT molecular complexity index is 926. The summed E-state index contributed by atoms with van der Waals surface area (Å²) >= 11 is 5.87. The maximum atomic E-state index is 13.7. The third-order valence-corrected chi connectivity index (χ3v) is 7.45. The zero-order chi connectivity index (χ0) is 25.3. The second-order valence-corrected chi connectivity index (χ2v) is 11.4. The summed E-state index contributed by atoms with van der Waals surface area (Å²) in [5.74, 6) is 0.0286. The van der Waals surface area contributed by atoms with Gasteiger partial charge in [0.25, 0.3) is 0 Å². The van der Waals surface area contributed by atoms with Crippen molar-refractivity contribution in [3.63, 3.8) is 0 Å². The van der Waals surface area contributed by atoms with Gasteiger partial charge in [-0.25, -0.2) is 0 Å². The van der Waals surface area contributed by atoms with Crippen LogP contribution in [0, 0.1) is 11.3 Å². The third-order valence-electron chi connectivity index (χ3n) is 7.17. The van der Waals surface area contributed by atoms with Crippen LogP contribution in [-0.2, 0) is 17.9 Å². The maximum Gasteiger partial charge on any atom is 0.226 e. The minimum absolute atomic E-state index is 0.162. The third kappa shape index (κ3) is 8.43. The molecule has 190 valence electrons. The highest BCUT2D eigenvalue weighted by Gasteiger charge is 2.35. The van der Waals surface area contributed by atoms with Crippen LogP contribution >= 0.6 is 12.2 Å². The van der Waals surface area contributed by atoms with Crippen molar-refractivity contribution in [1.82, 2.24) is 15.5 Å². The second kappa shape index (κ2) is 13.2.